The predicted octanol–water partition coefficient (Wildman–Crippen LogP) is 4.73. The Morgan fingerprint density at radius 2 is 1.29 bits per heavy atom. The molecule has 110 valence electrons. The lowest BCUT2D eigenvalue weighted by Gasteiger charge is -2.11. The lowest BCUT2D eigenvalue weighted by molar-refractivity contribution is 1.20. The molecule has 0 fully saturated rings. The van der Waals surface area contributed by atoms with Gasteiger partial charge in [-0.25, -0.2) is 0 Å². The van der Waals surface area contributed by atoms with Crippen molar-refractivity contribution in [2.45, 2.75) is 0 Å². The second-order valence-corrected chi connectivity index (χ2v) is 6.13. The highest BCUT2D eigenvalue weighted by Crippen LogP contribution is 2.33. The minimum atomic E-state index is 0.795. The molecular formula is C22H14BN. The molecule has 1 aromatic heterocycles. The maximum Gasteiger partial charge on any atom is 0.113 e. The van der Waals surface area contributed by atoms with Crippen molar-refractivity contribution < 1.29 is 0 Å². The van der Waals surface area contributed by atoms with E-state index in [-0.39, 0.29) is 0 Å². The van der Waals surface area contributed by atoms with Gasteiger partial charge < -0.3 is 4.57 Å². The lowest BCUT2D eigenvalue weighted by Crippen LogP contribution is -2.00. The molecule has 2 radical (unpaired) electrons. The highest BCUT2D eigenvalue weighted by molar-refractivity contribution is 6.34. The van der Waals surface area contributed by atoms with Crippen molar-refractivity contribution >= 4 is 45.9 Å². The summed E-state index contributed by atoms with van der Waals surface area (Å²) < 4.78 is 2.34. The van der Waals surface area contributed by atoms with Gasteiger partial charge in [0.05, 0.1) is 16.7 Å². The summed E-state index contributed by atoms with van der Waals surface area (Å²) in [5.41, 5.74) is 4.38. The summed E-state index contributed by atoms with van der Waals surface area (Å²) in [5.74, 6) is 0. The molecule has 1 nitrogen and oxygen atoms in total. The van der Waals surface area contributed by atoms with Crippen LogP contribution < -0.4 is 5.46 Å². The second kappa shape index (κ2) is 5.00. The zero-order chi connectivity index (χ0) is 16.1. The zero-order valence-corrected chi connectivity index (χ0v) is 13.1. The van der Waals surface area contributed by atoms with Crippen molar-refractivity contribution in [2.75, 3.05) is 0 Å². The Hall–Kier alpha value is -3.00. The van der Waals surface area contributed by atoms with Crippen molar-refractivity contribution in [3.05, 3.63) is 84.9 Å². The molecule has 1 heterocycles. The number of hydrogen-bond donors (Lipinski definition) is 0. The van der Waals surface area contributed by atoms with Gasteiger partial charge in [-0.3, -0.25) is 0 Å². The van der Waals surface area contributed by atoms with E-state index in [4.69, 9.17) is 7.85 Å². The summed E-state index contributed by atoms with van der Waals surface area (Å²) in [7, 11) is 6.04. The van der Waals surface area contributed by atoms with Crippen molar-refractivity contribution in [3.8, 4) is 5.69 Å². The summed E-state index contributed by atoms with van der Waals surface area (Å²) in [6, 6.07) is 29.7. The molecule has 0 aliphatic heterocycles. The van der Waals surface area contributed by atoms with Crippen LogP contribution >= 0.6 is 0 Å². The minimum Gasteiger partial charge on any atom is -0.309 e. The molecule has 0 atom stereocenters. The van der Waals surface area contributed by atoms with Crippen LogP contribution in [0.4, 0.5) is 0 Å². The topological polar surface area (TPSA) is 4.93 Å². The molecule has 5 rings (SSSR count). The van der Waals surface area contributed by atoms with Gasteiger partial charge in [0.1, 0.15) is 7.85 Å². The van der Waals surface area contributed by atoms with E-state index in [9.17, 15) is 0 Å². The number of hydrogen-bond acceptors (Lipinski definition) is 0. The predicted molar refractivity (Wildman–Crippen MR) is 104 cm³/mol. The molecule has 0 N–H and O–H groups in total. The molecule has 5 aromatic rings. The number of fused-ring (bicyclic) bond motifs is 4. The van der Waals surface area contributed by atoms with E-state index in [1.165, 1.54) is 38.3 Å². The molecule has 0 amide bonds. The SMILES string of the molecule is [B]c1ccc2c(c1)c1ccccc1n2-c1cccc2ccccc12. The van der Waals surface area contributed by atoms with Crippen LogP contribution in [-0.4, -0.2) is 12.4 Å². The smallest absolute Gasteiger partial charge is 0.113 e. The number of para-hydroxylation sites is 1. The van der Waals surface area contributed by atoms with E-state index in [0.29, 0.717) is 0 Å². The summed E-state index contributed by atoms with van der Waals surface area (Å²) in [6.45, 7) is 0. The maximum atomic E-state index is 6.04. The molecule has 0 bridgehead atoms. The van der Waals surface area contributed by atoms with Crippen LogP contribution in [0.2, 0.25) is 0 Å². The van der Waals surface area contributed by atoms with Crippen LogP contribution in [0.15, 0.2) is 84.9 Å². The van der Waals surface area contributed by atoms with Crippen LogP contribution in [-0.2, 0) is 0 Å². The largest absolute Gasteiger partial charge is 0.309 e. The van der Waals surface area contributed by atoms with E-state index in [2.05, 4.69) is 83.4 Å². The summed E-state index contributed by atoms with van der Waals surface area (Å²) in [4.78, 5) is 0. The molecule has 0 saturated heterocycles. The Labute approximate surface area is 141 Å². The zero-order valence-electron chi connectivity index (χ0n) is 13.1. The quantitative estimate of drug-likeness (QED) is 0.394. The third-order valence-corrected chi connectivity index (χ3v) is 4.70. The van der Waals surface area contributed by atoms with Gasteiger partial charge in [-0.2, -0.15) is 0 Å². The highest BCUT2D eigenvalue weighted by atomic mass is 15.0. The van der Waals surface area contributed by atoms with Crippen molar-refractivity contribution in [2.24, 2.45) is 0 Å². The summed E-state index contributed by atoms with van der Waals surface area (Å²) >= 11 is 0. The number of rotatable bonds is 1. The Morgan fingerprint density at radius 1 is 0.583 bits per heavy atom. The monoisotopic (exact) mass is 303 g/mol. The average Bonchev–Trinajstić information content (AvgIpc) is 2.95. The normalized spacial score (nSPS) is 11.5. The van der Waals surface area contributed by atoms with Crippen LogP contribution in [0.1, 0.15) is 0 Å². The summed E-state index contributed by atoms with van der Waals surface area (Å²) in [5, 5.41) is 4.92. The third kappa shape index (κ3) is 1.83. The van der Waals surface area contributed by atoms with Gasteiger partial charge >= 0.3 is 0 Å². The first-order valence-corrected chi connectivity index (χ1v) is 8.10. The van der Waals surface area contributed by atoms with Crippen LogP contribution in [0.5, 0.6) is 0 Å². The van der Waals surface area contributed by atoms with Gasteiger partial charge in [0.25, 0.3) is 0 Å². The molecule has 0 spiro atoms. The van der Waals surface area contributed by atoms with Crippen LogP contribution in [0, 0.1) is 0 Å². The molecule has 0 unspecified atom stereocenters. The second-order valence-electron chi connectivity index (χ2n) is 6.13. The third-order valence-electron chi connectivity index (χ3n) is 4.70. The number of benzene rings is 4. The molecule has 4 aromatic carbocycles. The Morgan fingerprint density at radius 3 is 2.21 bits per heavy atom. The Kier molecular flexibility index (Phi) is 2.80. The molecule has 0 saturated carbocycles. The van der Waals surface area contributed by atoms with Gasteiger partial charge in [0, 0.05) is 16.2 Å². The van der Waals surface area contributed by atoms with Crippen molar-refractivity contribution in [1.29, 1.82) is 0 Å². The molecule has 2 heteroatoms. The lowest BCUT2D eigenvalue weighted by atomic mass is 9.94. The first-order chi connectivity index (χ1) is 11.8. The summed E-state index contributed by atoms with van der Waals surface area (Å²) in [6.07, 6.45) is 0. The van der Waals surface area contributed by atoms with E-state index < -0.39 is 0 Å². The van der Waals surface area contributed by atoms with Gasteiger partial charge in [-0.1, -0.05) is 72.2 Å². The molecule has 0 aliphatic rings. The average molecular weight is 303 g/mol. The van der Waals surface area contributed by atoms with Gasteiger partial charge in [0.15, 0.2) is 0 Å². The fourth-order valence-electron chi connectivity index (χ4n) is 3.65. The highest BCUT2D eigenvalue weighted by Gasteiger charge is 2.13. The van der Waals surface area contributed by atoms with Crippen LogP contribution in [0.3, 0.4) is 0 Å². The van der Waals surface area contributed by atoms with Crippen molar-refractivity contribution in [3.63, 3.8) is 0 Å². The number of nitrogens with zero attached hydrogens (tertiary/aromatic N) is 1. The van der Waals surface area contributed by atoms with Gasteiger partial charge in [0.2, 0.25) is 0 Å². The fraction of sp³-hybridized carbons (Fsp3) is 0. The Balaban J connectivity index is 2.01. The maximum absolute atomic E-state index is 6.04. The fourth-order valence-corrected chi connectivity index (χ4v) is 3.65. The molecule has 24 heavy (non-hydrogen) atoms. The van der Waals surface area contributed by atoms with Crippen LogP contribution in [0.25, 0.3) is 38.3 Å². The van der Waals surface area contributed by atoms with E-state index in [1.807, 2.05) is 6.07 Å². The molecular weight excluding hydrogens is 289 g/mol. The first-order valence-electron chi connectivity index (χ1n) is 8.10. The standard InChI is InChI=1S/C22H14BN/c23-16-12-13-22-19(14-16)18-9-3-4-10-21(18)24(22)20-11-5-7-15-6-1-2-8-17(15)20/h1-14H. The van der Waals surface area contributed by atoms with E-state index in [1.54, 1.807) is 0 Å². The minimum absolute atomic E-state index is 0.795. The van der Waals surface area contributed by atoms with Gasteiger partial charge in [-0.05, 0) is 23.6 Å². The number of aromatic nitrogens is 1. The Bertz CT molecular complexity index is 1210. The van der Waals surface area contributed by atoms with E-state index in [0.717, 1.165) is 5.46 Å². The first kappa shape index (κ1) is 13.4. The van der Waals surface area contributed by atoms with Crippen molar-refractivity contribution in [1.82, 2.24) is 4.57 Å². The van der Waals surface area contributed by atoms with E-state index >= 15 is 0 Å². The van der Waals surface area contributed by atoms with Gasteiger partial charge in [-0.15, -0.1) is 0 Å². The molecule has 0 aliphatic carbocycles.